The standard InChI is InChI=1S/C12H14N4O3/c1-3-16-11(13-14-15-16)12(17)19-8-9-4-6-10(18-2)7-5-9/h4-7H,3,8H2,1-2H3. The molecule has 2 aromatic rings. The van der Waals surface area contributed by atoms with Crippen LogP contribution in [-0.4, -0.2) is 33.3 Å². The van der Waals surface area contributed by atoms with Gasteiger partial charge >= 0.3 is 5.97 Å². The van der Waals surface area contributed by atoms with Gasteiger partial charge in [0.1, 0.15) is 12.4 Å². The highest BCUT2D eigenvalue weighted by Crippen LogP contribution is 2.12. The van der Waals surface area contributed by atoms with Gasteiger partial charge in [-0.1, -0.05) is 12.1 Å². The van der Waals surface area contributed by atoms with E-state index in [-0.39, 0.29) is 12.4 Å². The van der Waals surface area contributed by atoms with Crippen molar-refractivity contribution in [1.29, 1.82) is 0 Å². The molecule has 0 bridgehead atoms. The van der Waals surface area contributed by atoms with Crippen molar-refractivity contribution in [3.63, 3.8) is 0 Å². The number of ether oxygens (including phenoxy) is 2. The van der Waals surface area contributed by atoms with Gasteiger partial charge < -0.3 is 9.47 Å². The van der Waals surface area contributed by atoms with Crippen molar-refractivity contribution in [3.05, 3.63) is 35.7 Å². The van der Waals surface area contributed by atoms with Gasteiger partial charge in [-0.15, -0.1) is 5.10 Å². The summed E-state index contributed by atoms with van der Waals surface area (Å²) < 4.78 is 11.6. The number of rotatable bonds is 5. The SMILES string of the molecule is CCn1nnnc1C(=O)OCc1ccc(OC)cc1. The average Bonchev–Trinajstić information content (AvgIpc) is 2.93. The largest absolute Gasteiger partial charge is 0.497 e. The minimum absolute atomic E-state index is 0.107. The molecule has 0 spiro atoms. The molecule has 2 rings (SSSR count). The van der Waals surface area contributed by atoms with Crippen molar-refractivity contribution in [2.24, 2.45) is 0 Å². The summed E-state index contributed by atoms with van der Waals surface area (Å²) in [5.41, 5.74) is 0.865. The number of methoxy groups -OCH3 is 1. The van der Waals surface area contributed by atoms with Gasteiger partial charge in [0, 0.05) is 6.54 Å². The number of hydrogen-bond acceptors (Lipinski definition) is 6. The van der Waals surface area contributed by atoms with Crippen molar-refractivity contribution in [2.75, 3.05) is 7.11 Å². The van der Waals surface area contributed by atoms with Crippen LogP contribution in [0.15, 0.2) is 24.3 Å². The molecule has 7 nitrogen and oxygen atoms in total. The highest BCUT2D eigenvalue weighted by molar-refractivity contribution is 5.85. The van der Waals surface area contributed by atoms with Crippen LogP contribution in [-0.2, 0) is 17.9 Å². The number of esters is 1. The van der Waals surface area contributed by atoms with Gasteiger partial charge in [-0.2, -0.15) is 0 Å². The molecule has 0 N–H and O–H groups in total. The van der Waals surface area contributed by atoms with Crippen molar-refractivity contribution < 1.29 is 14.3 Å². The van der Waals surface area contributed by atoms with Crippen LogP contribution in [0.2, 0.25) is 0 Å². The summed E-state index contributed by atoms with van der Waals surface area (Å²) in [5.74, 6) is 0.323. The molecule has 0 aliphatic heterocycles. The van der Waals surface area contributed by atoms with Gasteiger partial charge in [-0.25, -0.2) is 9.48 Å². The maximum atomic E-state index is 11.8. The molecule has 19 heavy (non-hydrogen) atoms. The third-order valence-electron chi connectivity index (χ3n) is 2.54. The van der Waals surface area contributed by atoms with Crippen molar-refractivity contribution in [2.45, 2.75) is 20.1 Å². The predicted molar refractivity (Wildman–Crippen MR) is 65.6 cm³/mol. The van der Waals surface area contributed by atoms with Crippen molar-refractivity contribution in [3.8, 4) is 5.75 Å². The third-order valence-corrected chi connectivity index (χ3v) is 2.54. The topological polar surface area (TPSA) is 79.1 Å². The lowest BCUT2D eigenvalue weighted by Gasteiger charge is -2.05. The first-order valence-corrected chi connectivity index (χ1v) is 5.80. The highest BCUT2D eigenvalue weighted by Gasteiger charge is 2.15. The second-order valence-electron chi connectivity index (χ2n) is 3.74. The summed E-state index contributed by atoms with van der Waals surface area (Å²) in [6, 6.07) is 7.27. The lowest BCUT2D eigenvalue weighted by atomic mass is 10.2. The van der Waals surface area contributed by atoms with E-state index >= 15 is 0 Å². The first-order valence-electron chi connectivity index (χ1n) is 5.80. The molecular formula is C12H14N4O3. The number of benzene rings is 1. The van der Waals surface area contributed by atoms with Crippen LogP contribution in [0.25, 0.3) is 0 Å². The molecule has 1 heterocycles. The fraction of sp³-hybridized carbons (Fsp3) is 0.333. The third kappa shape index (κ3) is 3.06. The smallest absolute Gasteiger partial charge is 0.378 e. The van der Waals surface area contributed by atoms with Crippen LogP contribution in [0.4, 0.5) is 0 Å². The molecular weight excluding hydrogens is 248 g/mol. The number of hydrogen-bond donors (Lipinski definition) is 0. The summed E-state index contributed by atoms with van der Waals surface area (Å²) >= 11 is 0. The average molecular weight is 262 g/mol. The van der Waals surface area contributed by atoms with E-state index in [4.69, 9.17) is 9.47 Å². The Bertz CT molecular complexity index is 550. The number of tetrazole rings is 1. The van der Waals surface area contributed by atoms with Gasteiger partial charge in [-0.05, 0) is 35.0 Å². The number of carbonyl (C=O) groups is 1. The van der Waals surface area contributed by atoms with Gasteiger partial charge in [0.15, 0.2) is 0 Å². The van der Waals surface area contributed by atoms with Crippen LogP contribution in [0.1, 0.15) is 23.1 Å². The van der Waals surface area contributed by atoms with Crippen LogP contribution >= 0.6 is 0 Å². The van der Waals surface area contributed by atoms with Crippen LogP contribution in [0.5, 0.6) is 5.75 Å². The van der Waals surface area contributed by atoms with Crippen LogP contribution < -0.4 is 4.74 Å². The van der Waals surface area contributed by atoms with Gasteiger partial charge in [0.2, 0.25) is 0 Å². The Morgan fingerprint density at radius 1 is 1.32 bits per heavy atom. The summed E-state index contributed by atoms with van der Waals surface area (Å²) in [6.45, 7) is 2.52. The van der Waals surface area contributed by atoms with Crippen LogP contribution in [0, 0.1) is 0 Å². The summed E-state index contributed by atoms with van der Waals surface area (Å²) in [4.78, 5) is 11.8. The summed E-state index contributed by atoms with van der Waals surface area (Å²) in [5, 5.41) is 10.7. The van der Waals surface area contributed by atoms with Gasteiger partial charge in [-0.3, -0.25) is 0 Å². The fourth-order valence-electron chi connectivity index (χ4n) is 1.50. The Kier molecular flexibility index (Phi) is 4.07. The van der Waals surface area contributed by atoms with E-state index in [1.165, 1.54) is 4.68 Å². The van der Waals surface area contributed by atoms with E-state index in [9.17, 15) is 4.79 Å². The van der Waals surface area contributed by atoms with E-state index in [1.807, 2.05) is 19.1 Å². The Labute approximate surface area is 110 Å². The fourth-order valence-corrected chi connectivity index (χ4v) is 1.50. The molecule has 0 aliphatic rings. The van der Waals surface area contributed by atoms with E-state index < -0.39 is 5.97 Å². The molecule has 0 unspecified atom stereocenters. The Balaban J connectivity index is 1.96. The van der Waals surface area contributed by atoms with Gasteiger partial charge in [0.05, 0.1) is 7.11 Å². The summed E-state index contributed by atoms with van der Waals surface area (Å²) in [7, 11) is 1.60. The monoisotopic (exact) mass is 262 g/mol. The Morgan fingerprint density at radius 3 is 2.68 bits per heavy atom. The maximum absolute atomic E-state index is 11.8. The maximum Gasteiger partial charge on any atom is 0.378 e. The molecule has 100 valence electrons. The predicted octanol–water partition coefficient (Wildman–Crippen LogP) is 1.06. The molecule has 0 atom stereocenters. The highest BCUT2D eigenvalue weighted by atomic mass is 16.5. The quantitative estimate of drug-likeness (QED) is 0.749. The molecule has 0 saturated carbocycles. The zero-order valence-electron chi connectivity index (χ0n) is 10.7. The lowest BCUT2D eigenvalue weighted by Crippen LogP contribution is -2.13. The molecule has 0 fully saturated rings. The first kappa shape index (κ1) is 13.0. The Morgan fingerprint density at radius 2 is 2.05 bits per heavy atom. The molecule has 0 radical (unpaired) electrons. The minimum Gasteiger partial charge on any atom is -0.497 e. The molecule has 0 aliphatic carbocycles. The lowest BCUT2D eigenvalue weighted by molar-refractivity contribution is 0.0450. The van der Waals surface area contributed by atoms with Crippen molar-refractivity contribution in [1.82, 2.24) is 20.2 Å². The zero-order chi connectivity index (χ0) is 13.7. The number of aryl methyl sites for hydroxylation is 1. The van der Waals surface area contributed by atoms with Gasteiger partial charge in [0.25, 0.3) is 5.82 Å². The van der Waals surface area contributed by atoms with E-state index in [1.54, 1.807) is 19.2 Å². The van der Waals surface area contributed by atoms with E-state index in [0.29, 0.717) is 6.54 Å². The van der Waals surface area contributed by atoms with Crippen molar-refractivity contribution >= 4 is 5.97 Å². The summed E-state index contributed by atoms with van der Waals surface area (Å²) in [6.07, 6.45) is 0. The molecule has 7 heteroatoms. The molecule has 1 aromatic carbocycles. The molecule has 0 saturated heterocycles. The minimum atomic E-state index is -0.539. The Hall–Kier alpha value is -2.44. The number of carbonyl (C=O) groups excluding carboxylic acids is 1. The molecule has 0 amide bonds. The zero-order valence-corrected chi connectivity index (χ0v) is 10.7. The number of nitrogens with zero attached hydrogens (tertiary/aromatic N) is 4. The van der Waals surface area contributed by atoms with Crippen LogP contribution in [0.3, 0.4) is 0 Å². The van der Waals surface area contributed by atoms with E-state index in [2.05, 4.69) is 15.5 Å². The second-order valence-corrected chi connectivity index (χ2v) is 3.74. The molecule has 1 aromatic heterocycles. The second kappa shape index (κ2) is 5.94. The first-order chi connectivity index (χ1) is 9.24. The normalized spacial score (nSPS) is 10.2. The number of aromatic nitrogens is 4. The van der Waals surface area contributed by atoms with E-state index in [0.717, 1.165) is 11.3 Å².